The Bertz CT molecular complexity index is 621. The molecule has 2 aromatic rings. The van der Waals surface area contributed by atoms with Crippen molar-refractivity contribution in [1.29, 1.82) is 0 Å². The van der Waals surface area contributed by atoms with Gasteiger partial charge in [0.25, 0.3) is 0 Å². The Morgan fingerprint density at radius 2 is 2.17 bits per heavy atom. The second-order valence-electron chi connectivity index (χ2n) is 3.20. The third-order valence-electron chi connectivity index (χ3n) is 1.92. The van der Waals surface area contributed by atoms with Gasteiger partial charge in [-0.1, -0.05) is 23.1 Å². The Morgan fingerprint density at radius 3 is 2.78 bits per heavy atom. The van der Waals surface area contributed by atoms with Crippen molar-refractivity contribution in [2.45, 2.75) is 4.34 Å². The van der Waals surface area contributed by atoms with Gasteiger partial charge in [0, 0.05) is 0 Å². The van der Waals surface area contributed by atoms with Crippen molar-refractivity contribution in [3.05, 3.63) is 34.0 Å². The summed E-state index contributed by atoms with van der Waals surface area (Å²) in [5.74, 6) is -1.30. The predicted molar refractivity (Wildman–Crippen MR) is 70.6 cm³/mol. The number of halogens is 1. The van der Waals surface area contributed by atoms with E-state index in [1.165, 1.54) is 28.2 Å². The number of thioether (sulfide) groups is 1. The predicted octanol–water partition coefficient (Wildman–Crippen LogP) is 2.98. The number of benzene rings is 1. The average molecular weight is 302 g/mol. The molecule has 0 atom stereocenters. The number of aromatic nitrogens is 2. The van der Waals surface area contributed by atoms with E-state index in [-0.39, 0.29) is 11.6 Å². The van der Waals surface area contributed by atoms with E-state index in [0.29, 0.717) is 14.0 Å². The first-order chi connectivity index (χ1) is 8.56. The molecule has 0 bridgehead atoms. The van der Waals surface area contributed by atoms with E-state index in [1.54, 1.807) is 12.1 Å². The van der Waals surface area contributed by atoms with E-state index in [4.69, 9.17) is 17.3 Å². The molecule has 2 rings (SSSR count). The molecule has 0 aliphatic heterocycles. The molecule has 0 radical (unpaired) electrons. The van der Waals surface area contributed by atoms with Crippen molar-refractivity contribution in [1.82, 2.24) is 9.78 Å². The summed E-state index contributed by atoms with van der Waals surface area (Å²) in [6.07, 6.45) is 0. The number of carboxylic acids is 1. The molecule has 0 saturated heterocycles. The van der Waals surface area contributed by atoms with Crippen LogP contribution in [0.25, 0.3) is 5.69 Å². The van der Waals surface area contributed by atoms with Gasteiger partial charge in [0.05, 0.1) is 11.4 Å². The molecule has 0 fully saturated rings. The van der Waals surface area contributed by atoms with E-state index in [2.05, 4.69) is 5.10 Å². The van der Waals surface area contributed by atoms with E-state index in [9.17, 15) is 9.18 Å². The Labute approximate surface area is 115 Å². The van der Waals surface area contributed by atoms with Crippen LogP contribution < -0.4 is 0 Å². The van der Waals surface area contributed by atoms with Crippen LogP contribution in [-0.4, -0.2) is 26.6 Å². The first-order valence-electron chi connectivity index (χ1n) is 4.77. The summed E-state index contributed by atoms with van der Waals surface area (Å²) < 4.78 is 15.4. The number of hydrogen-bond donors (Lipinski definition) is 1. The van der Waals surface area contributed by atoms with Crippen LogP contribution in [0.5, 0.6) is 0 Å². The SMILES string of the molecule is O=C(O)CSc1nn(-c2ccc(F)cc2)c(=S)s1. The zero-order valence-electron chi connectivity index (χ0n) is 8.87. The van der Waals surface area contributed by atoms with Crippen LogP contribution in [0.1, 0.15) is 0 Å². The van der Waals surface area contributed by atoms with Crippen LogP contribution >= 0.6 is 35.3 Å². The molecule has 18 heavy (non-hydrogen) atoms. The lowest BCUT2D eigenvalue weighted by molar-refractivity contribution is -0.133. The lowest BCUT2D eigenvalue weighted by Crippen LogP contribution is -1.99. The summed E-state index contributed by atoms with van der Waals surface area (Å²) in [7, 11) is 0. The molecule has 0 aliphatic rings. The van der Waals surface area contributed by atoms with Crippen LogP contribution in [0.3, 0.4) is 0 Å². The summed E-state index contributed by atoms with van der Waals surface area (Å²) in [6, 6.07) is 5.77. The van der Waals surface area contributed by atoms with Crippen molar-refractivity contribution >= 4 is 41.3 Å². The maximum atomic E-state index is 12.8. The Kier molecular flexibility index (Phi) is 4.10. The topological polar surface area (TPSA) is 55.1 Å². The number of rotatable bonds is 4. The molecule has 1 heterocycles. The van der Waals surface area contributed by atoms with Crippen molar-refractivity contribution in [3.63, 3.8) is 0 Å². The molecule has 0 spiro atoms. The number of aliphatic carboxylic acids is 1. The minimum atomic E-state index is -0.908. The standard InChI is InChI=1S/C10H7FN2O2S3/c11-6-1-3-7(4-2-6)13-10(16)18-9(12-13)17-5-8(14)15/h1-4H,5H2,(H,14,15). The van der Waals surface area contributed by atoms with Crippen LogP contribution in [0.2, 0.25) is 0 Å². The Hall–Kier alpha value is -1.25. The Morgan fingerprint density at radius 1 is 1.50 bits per heavy atom. The lowest BCUT2D eigenvalue weighted by atomic mass is 10.3. The van der Waals surface area contributed by atoms with Crippen LogP contribution in [0.15, 0.2) is 28.6 Å². The third kappa shape index (κ3) is 3.15. The molecule has 1 aromatic heterocycles. The maximum absolute atomic E-state index is 12.8. The van der Waals surface area contributed by atoms with Crippen molar-refractivity contribution in [3.8, 4) is 5.69 Å². The number of carboxylic acid groups (broad SMARTS) is 1. The van der Waals surface area contributed by atoms with Gasteiger partial charge < -0.3 is 5.11 Å². The second-order valence-corrected chi connectivity index (χ2v) is 6.05. The van der Waals surface area contributed by atoms with Gasteiger partial charge in [0.2, 0.25) is 0 Å². The fraction of sp³-hybridized carbons (Fsp3) is 0.100. The number of hydrogen-bond acceptors (Lipinski definition) is 5. The zero-order valence-corrected chi connectivity index (χ0v) is 11.3. The molecule has 8 heteroatoms. The smallest absolute Gasteiger partial charge is 0.313 e. The van der Waals surface area contributed by atoms with Gasteiger partial charge in [0.1, 0.15) is 5.82 Å². The monoisotopic (exact) mass is 302 g/mol. The molecule has 0 amide bonds. The highest BCUT2D eigenvalue weighted by molar-refractivity contribution is 8.01. The van der Waals surface area contributed by atoms with Crippen LogP contribution in [-0.2, 0) is 4.79 Å². The molecule has 1 aromatic carbocycles. The molecule has 0 aliphatic carbocycles. The minimum Gasteiger partial charge on any atom is -0.481 e. The normalized spacial score (nSPS) is 10.5. The molecule has 4 nitrogen and oxygen atoms in total. The Balaban J connectivity index is 2.26. The highest BCUT2D eigenvalue weighted by Gasteiger charge is 2.08. The minimum absolute atomic E-state index is 0.0638. The summed E-state index contributed by atoms with van der Waals surface area (Å²) in [5.41, 5.74) is 0.653. The lowest BCUT2D eigenvalue weighted by Gasteiger charge is -1.99. The van der Waals surface area contributed by atoms with Crippen molar-refractivity contribution < 1.29 is 14.3 Å². The van der Waals surface area contributed by atoms with Gasteiger partial charge in [-0.15, -0.1) is 5.10 Å². The second kappa shape index (κ2) is 5.59. The van der Waals surface area contributed by atoms with Crippen molar-refractivity contribution in [2.75, 3.05) is 5.75 Å². The van der Waals surface area contributed by atoms with E-state index in [1.807, 2.05) is 0 Å². The highest BCUT2D eigenvalue weighted by Crippen LogP contribution is 2.23. The van der Waals surface area contributed by atoms with Crippen LogP contribution in [0, 0.1) is 9.77 Å². The maximum Gasteiger partial charge on any atom is 0.313 e. The average Bonchev–Trinajstić information content (AvgIpc) is 2.69. The van der Waals surface area contributed by atoms with E-state index in [0.717, 1.165) is 11.8 Å². The molecular formula is C10H7FN2O2S3. The first kappa shape index (κ1) is 13.2. The molecular weight excluding hydrogens is 295 g/mol. The summed E-state index contributed by atoms with van der Waals surface area (Å²) in [5, 5.41) is 12.8. The van der Waals surface area contributed by atoms with Gasteiger partial charge in [-0.3, -0.25) is 4.79 Å². The highest BCUT2D eigenvalue weighted by atomic mass is 32.2. The number of nitrogens with zero attached hydrogens (tertiary/aromatic N) is 2. The zero-order chi connectivity index (χ0) is 13.1. The largest absolute Gasteiger partial charge is 0.481 e. The molecule has 1 N–H and O–H groups in total. The molecule has 0 saturated carbocycles. The molecule has 94 valence electrons. The van der Waals surface area contributed by atoms with Crippen molar-refractivity contribution in [2.24, 2.45) is 0 Å². The van der Waals surface area contributed by atoms with E-state index >= 15 is 0 Å². The quantitative estimate of drug-likeness (QED) is 0.695. The summed E-state index contributed by atoms with van der Waals surface area (Å²) in [6.45, 7) is 0. The third-order valence-corrected chi connectivity index (χ3v) is 4.27. The molecule has 0 unspecified atom stereocenters. The summed E-state index contributed by atoms with van der Waals surface area (Å²) >= 11 is 7.47. The fourth-order valence-electron chi connectivity index (χ4n) is 1.19. The van der Waals surface area contributed by atoms with Gasteiger partial charge in [0.15, 0.2) is 8.29 Å². The van der Waals surface area contributed by atoms with Gasteiger partial charge in [-0.2, -0.15) is 0 Å². The summed E-state index contributed by atoms with van der Waals surface area (Å²) in [4.78, 5) is 10.5. The number of carbonyl (C=O) groups is 1. The van der Waals surface area contributed by atoms with E-state index < -0.39 is 5.97 Å². The van der Waals surface area contributed by atoms with Gasteiger partial charge >= 0.3 is 5.97 Å². The van der Waals surface area contributed by atoms with Crippen LogP contribution in [0.4, 0.5) is 4.39 Å². The first-order valence-corrected chi connectivity index (χ1v) is 6.98. The van der Waals surface area contributed by atoms with Gasteiger partial charge in [-0.25, -0.2) is 9.07 Å². The fourth-order valence-corrected chi connectivity index (χ4v) is 3.27. The van der Waals surface area contributed by atoms with Gasteiger partial charge in [-0.05, 0) is 36.5 Å².